The molecule has 0 aromatic heterocycles. The smallest absolute Gasteiger partial charge is 0.202 e. The van der Waals surface area contributed by atoms with Gasteiger partial charge in [0.1, 0.15) is 22.8 Å². The van der Waals surface area contributed by atoms with Gasteiger partial charge in [-0.3, -0.25) is 14.4 Å². The summed E-state index contributed by atoms with van der Waals surface area (Å²) in [6.45, 7) is 4.72. The molecule has 5 rings (SSSR count). The van der Waals surface area contributed by atoms with Gasteiger partial charge in [-0.2, -0.15) is 0 Å². The number of phenolic OH excluding ortho intramolecular Hbond substituents is 2. The summed E-state index contributed by atoms with van der Waals surface area (Å²) in [5.41, 5.74) is -2.86. The predicted molar refractivity (Wildman–Crippen MR) is 132 cm³/mol. The molecule has 10 nitrogen and oxygen atoms in total. The molecule has 6 atom stereocenters. The van der Waals surface area contributed by atoms with Crippen LogP contribution >= 0.6 is 0 Å². The highest BCUT2D eigenvalue weighted by Crippen LogP contribution is 2.52. The number of hydrogen-bond donors (Lipinski definition) is 4. The van der Waals surface area contributed by atoms with Crippen LogP contribution in [-0.2, 0) is 20.7 Å². The summed E-state index contributed by atoms with van der Waals surface area (Å²) in [6, 6.07) is 4.47. The van der Waals surface area contributed by atoms with E-state index in [1.54, 1.807) is 6.92 Å². The van der Waals surface area contributed by atoms with Gasteiger partial charge in [0.15, 0.2) is 17.9 Å². The van der Waals surface area contributed by atoms with Crippen molar-refractivity contribution in [3.05, 3.63) is 51.6 Å². The lowest BCUT2D eigenvalue weighted by molar-refractivity contribution is -0.255. The quantitative estimate of drug-likeness (QED) is 0.372. The normalized spacial score (nSPS) is 30.3. The second kappa shape index (κ2) is 9.16. The molecule has 10 heteroatoms. The van der Waals surface area contributed by atoms with Gasteiger partial charge in [-0.05, 0) is 25.8 Å². The number of carbonyl (C=O) groups excluding carboxylic acids is 3. The third-order valence-corrected chi connectivity index (χ3v) is 8.04. The molecule has 1 fully saturated rings. The molecule has 0 spiro atoms. The van der Waals surface area contributed by atoms with Gasteiger partial charge in [-0.25, -0.2) is 0 Å². The first-order chi connectivity index (χ1) is 17.9. The average molecular weight is 527 g/mol. The largest absolute Gasteiger partial charge is 0.507 e. The third kappa shape index (κ3) is 3.82. The van der Waals surface area contributed by atoms with E-state index < -0.39 is 76.6 Å². The Morgan fingerprint density at radius 3 is 2.39 bits per heavy atom. The maximum Gasteiger partial charge on any atom is 0.202 e. The molecular weight excluding hydrogens is 496 g/mol. The van der Waals surface area contributed by atoms with Crippen molar-refractivity contribution in [3.8, 4) is 17.2 Å². The Labute approximate surface area is 218 Å². The van der Waals surface area contributed by atoms with Crippen molar-refractivity contribution in [3.63, 3.8) is 0 Å². The molecule has 0 amide bonds. The molecule has 1 saturated heterocycles. The van der Waals surface area contributed by atoms with E-state index >= 15 is 0 Å². The Kier molecular flexibility index (Phi) is 6.34. The van der Waals surface area contributed by atoms with Crippen LogP contribution in [-0.4, -0.2) is 69.0 Å². The number of rotatable bonds is 4. The van der Waals surface area contributed by atoms with E-state index in [9.17, 15) is 34.8 Å². The first kappa shape index (κ1) is 26.3. The summed E-state index contributed by atoms with van der Waals surface area (Å²) in [5, 5.41) is 44.3. The van der Waals surface area contributed by atoms with E-state index in [4.69, 9.17) is 14.2 Å². The van der Waals surface area contributed by atoms with Gasteiger partial charge in [0.25, 0.3) is 0 Å². The van der Waals surface area contributed by atoms with E-state index in [0.717, 1.165) is 0 Å². The molecule has 1 aliphatic heterocycles. The van der Waals surface area contributed by atoms with E-state index in [1.807, 2.05) is 6.92 Å². The van der Waals surface area contributed by atoms with E-state index in [2.05, 4.69) is 0 Å². The van der Waals surface area contributed by atoms with Crippen LogP contribution in [0.15, 0.2) is 18.2 Å². The summed E-state index contributed by atoms with van der Waals surface area (Å²) in [7, 11) is 1.35. The predicted octanol–water partition coefficient (Wildman–Crippen LogP) is 2.34. The minimum Gasteiger partial charge on any atom is -0.507 e. The second-order valence-electron chi connectivity index (χ2n) is 10.4. The SMILES string of the molecule is COc1cccc2c1C(=O)c1c(O)c3c(c(O)c1C2=O)C[C@@](O)(C(C)=O)C[C@@H]3OC1CC(C)C(O)C(C)O1. The van der Waals surface area contributed by atoms with Crippen molar-refractivity contribution in [1.29, 1.82) is 0 Å². The summed E-state index contributed by atoms with van der Waals surface area (Å²) in [5.74, 6) is -3.23. The van der Waals surface area contributed by atoms with Crippen molar-refractivity contribution in [2.45, 2.75) is 70.2 Å². The van der Waals surface area contributed by atoms with Crippen LogP contribution in [0.25, 0.3) is 0 Å². The van der Waals surface area contributed by atoms with Crippen LogP contribution in [0, 0.1) is 5.92 Å². The Balaban J connectivity index is 1.68. The molecule has 1 heterocycles. The molecule has 2 aromatic carbocycles. The molecule has 2 aromatic rings. The van der Waals surface area contributed by atoms with Gasteiger partial charge in [0.2, 0.25) is 5.78 Å². The number of ketones is 3. The second-order valence-corrected chi connectivity index (χ2v) is 10.4. The lowest BCUT2D eigenvalue weighted by Crippen LogP contribution is -2.47. The fourth-order valence-corrected chi connectivity index (χ4v) is 5.85. The fraction of sp³-hybridized carbons (Fsp3) is 0.464. The highest BCUT2D eigenvalue weighted by atomic mass is 16.7. The van der Waals surface area contributed by atoms with Gasteiger partial charge in [-0.1, -0.05) is 19.1 Å². The lowest BCUT2D eigenvalue weighted by atomic mass is 9.72. The van der Waals surface area contributed by atoms with Crippen molar-refractivity contribution in [1.82, 2.24) is 0 Å². The van der Waals surface area contributed by atoms with E-state index in [1.165, 1.54) is 32.2 Å². The van der Waals surface area contributed by atoms with E-state index in [-0.39, 0.29) is 46.8 Å². The van der Waals surface area contributed by atoms with Crippen molar-refractivity contribution in [2.75, 3.05) is 7.11 Å². The van der Waals surface area contributed by atoms with Gasteiger partial charge in [-0.15, -0.1) is 0 Å². The summed E-state index contributed by atoms with van der Waals surface area (Å²) in [4.78, 5) is 39.6. The molecule has 0 bridgehead atoms. The fourth-order valence-electron chi connectivity index (χ4n) is 5.85. The number of fused-ring (bicyclic) bond motifs is 3. The number of methoxy groups -OCH3 is 1. The zero-order valence-corrected chi connectivity index (χ0v) is 21.5. The van der Waals surface area contributed by atoms with Crippen LogP contribution in [0.5, 0.6) is 17.2 Å². The summed E-state index contributed by atoms with van der Waals surface area (Å²) < 4.78 is 17.2. The first-order valence-electron chi connectivity index (χ1n) is 12.5. The van der Waals surface area contributed by atoms with E-state index in [0.29, 0.717) is 0 Å². The van der Waals surface area contributed by atoms with Gasteiger partial charge < -0.3 is 34.6 Å². The number of aliphatic hydroxyl groups is 2. The maximum absolute atomic E-state index is 13.6. The van der Waals surface area contributed by atoms with Crippen molar-refractivity contribution >= 4 is 17.3 Å². The minimum atomic E-state index is -1.97. The van der Waals surface area contributed by atoms with Gasteiger partial charge in [0.05, 0.1) is 42.1 Å². The zero-order chi connectivity index (χ0) is 27.7. The van der Waals surface area contributed by atoms with Crippen molar-refractivity contribution in [2.24, 2.45) is 5.92 Å². The Morgan fingerprint density at radius 2 is 1.76 bits per heavy atom. The van der Waals surface area contributed by atoms with Crippen LogP contribution < -0.4 is 4.74 Å². The molecule has 0 radical (unpaired) electrons. The van der Waals surface area contributed by atoms with Crippen LogP contribution in [0.1, 0.15) is 82.7 Å². The number of aromatic hydroxyl groups is 2. The number of hydrogen-bond acceptors (Lipinski definition) is 10. The molecule has 0 saturated carbocycles. The number of benzene rings is 2. The number of carbonyl (C=O) groups is 3. The minimum absolute atomic E-state index is 0.000854. The number of phenols is 2. The van der Waals surface area contributed by atoms with Crippen molar-refractivity contribution < 1.29 is 49.0 Å². The molecule has 38 heavy (non-hydrogen) atoms. The molecule has 3 aliphatic rings. The molecular formula is C28H30O10. The highest BCUT2D eigenvalue weighted by molar-refractivity contribution is 6.31. The lowest BCUT2D eigenvalue weighted by Gasteiger charge is -2.42. The van der Waals surface area contributed by atoms with Crippen LogP contribution in [0.3, 0.4) is 0 Å². The Bertz CT molecular complexity index is 1350. The molecule has 4 unspecified atom stereocenters. The summed E-state index contributed by atoms with van der Waals surface area (Å²) in [6.07, 6.45) is -3.72. The molecule has 202 valence electrons. The third-order valence-electron chi connectivity index (χ3n) is 8.04. The Morgan fingerprint density at radius 1 is 1.08 bits per heavy atom. The number of Topliss-reactive ketones (excluding diaryl/α,β-unsaturated/α-hetero) is 1. The monoisotopic (exact) mass is 526 g/mol. The van der Waals surface area contributed by atoms with Crippen LogP contribution in [0.4, 0.5) is 0 Å². The molecule has 2 aliphatic carbocycles. The summed E-state index contributed by atoms with van der Waals surface area (Å²) >= 11 is 0. The van der Waals surface area contributed by atoms with Gasteiger partial charge in [0, 0.05) is 36.0 Å². The number of ether oxygens (including phenoxy) is 3. The topological polar surface area (TPSA) is 160 Å². The zero-order valence-electron chi connectivity index (χ0n) is 21.5. The van der Waals surface area contributed by atoms with Gasteiger partial charge >= 0.3 is 0 Å². The van der Waals surface area contributed by atoms with Crippen LogP contribution in [0.2, 0.25) is 0 Å². The highest BCUT2D eigenvalue weighted by Gasteiger charge is 2.49. The standard InChI is InChI=1S/C28H30O10/c1-11-8-18(37-12(2)23(11)30)38-17-10-28(35,13(3)29)9-15-20(17)27(34)22-21(25(15)32)24(31)14-6-5-7-16(36-4)19(14)26(22)33/h5-7,11-12,17-18,23,30,32,34-35H,8-10H2,1-4H3/t11?,12?,17-,18?,23?,28-/m0/s1. The first-order valence-corrected chi connectivity index (χ1v) is 12.5. The maximum atomic E-state index is 13.6. The Hall–Kier alpha value is -3.31. The molecule has 4 N–H and O–H groups in total. The average Bonchev–Trinajstić information content (AvgIpc) is 2.87. The number of aliphatic hydroxyl groups excluding tert-OH is 1.